The molecule has 1 rings (SSSR count). The zero-order valence-corrected chi connectivity index (χ0v) is 13.4. The number of halogens is 1. The Morgan fingerprint density at radius 3 is 2.72 bits per heavy atom. The number of ether oxygens (including phenoxy) is 1. The van der Waals surface area contributed by atoms with E-state index in [-0.39, 0.29) is 5.97 Å². The van der Waals surface area contributed by atoms with Crippen molar-refractivity contribution in [1.29, 1.82) is 0 Å². The van der Waals surface area contributed by atoms with E-state index in [0.717, 1.165) is 16.1 Å². The molecular weight excluding hydrogens is 312 g/mol. The van der Waals surface area contributed by atoms with Gasteiger partial charge < -0.3 is 4.74 Å². The minimum absolute atomic E-state index is 0.297. The molecule has 1 aromatic carbocycles. The van der Waals surface area contributed by atoms with E-state index in [1.54, 1.807) is 0 Å². The normalized spacial score (nSPS) is 10.7. The Balaban J connectivity index is 2.55. The highest BCUT2D eigenvalue weighted by Gasteiger charge is 2.08. The molecule has 0 radical (unpaired) electrons. The molecule has 0 spiro atoms. The highest BCUT2D eigenvalue weighted by molar-refractivity contribution is 9.10. The van der Waals surface area contributed by atoms with Crippen LogP contribution in [-0.2, 0) is 10.5 Å². The summed E-state index contributed by atoms with van der Waals surface area (Å²) in [5.74, 6) is 2.59. The van der Waals surface area contributed by atoms with Gasteiger partial charge in [-0.1, -0.05) is 35.8 Å². The molecule has 0 saturated heterocycles. The Hall–Kier alpha value is -0.480. The second kappa shape index (κ2) is 7.85. The Morgan fingerprint density at radius 1 is 1.44 bits per heavy atom. The monoisotopic (exact) mass is 330 g/mol. The van der Waals surface area contributed by atoms with Gasteiger partial charge in [0, 0.05) is 10.2 Å². The number of carbonyl (C=O) groups is 1. The molecule has 0 bridgehead atoms. The quantitative estimate of drug-likeness (QED) is 0.566. The number of hydrogen-bond donors (Lipinski definition) is 0. The van der Waals surface area contributed by atoms with Crippen LogP contribution in [0.2, 0.25) is 0 Å². The lowest BCUT2D eigenvalue weighted by atomic mass is 10.1. The lowest BCUT2D eigenvalue weighted by Gasteiger charge is -2.07. The van der Waals surface area contributed by atoms with Gasteiger partial charge in [-0.2, -0.15) is 11.8 Å². The first-order valence-corrected chi connectivity index (χ1v) is 7.94. The maximum Gasteiger partial charge on any atom is 0.337 e. The van der Waals surface area contributed by atoms with Gasteiger partial charge in [-0.05, 0) is 35.8 Å². The zero-order chi connectivity index (χ0) is 13.5. The molecule has 0 amide bonds. The van der Waals surface area contributed by atoms with Crippen molar-refractivity contribution in [2.75, 3.05) is 12.9 Å². The number of carbonyl (C=O) groups excluding carboxylic acids is 1. The van der Waals surface area contributed by atoms with Crippen LogP contribution >= 0.6 is 27.7 Å². The van der Waals surface area contributed by atoms with Gasteiger partial charge in [-0.15, -0.1) is 0 Å². The Morgan fingerprint density at radius 2 is 2.17 bits per heavy atom. The van der Waals surface area contributed by atoms with Crippen molar-refractivity contribution in [3.05, 3.63) is 33.8 Å². The summed E-state index contributed by atoms with van der Waals surface area (Å²) in [4.78, 5) is 11.4. The van der Waals surface area contributed by atoms with E-state index in [1.807, 2.05) is 30.0 Å². The summed E-state index contributed by atoms with van der Waals surface area (Å²) in [7, 11) is 1.39. The molecule has 0 aliphatic rings. The highest BCUT2D eigenvalue weighted by atomic mass is 79.9. The molecule has 0 saturated carbocycles. The number of thioether (sulfide) groups is 1. The van der Waals surface area contributed by atoms with Crippen LogP contribution in [0.15, 0.2) is 22.7 Å². The molecule has 18 heavy (non-hydrogen) atoms. The molecule has 0 unspecified atom stereocenters. The number of methoxy groups -OCH3 is 1. The molecule has 4 heteroatoms. The van der Waals surface area contributed by atoms with Crippen LogP contribution in [0.3, 0.4) is 0 Å². The van der Waals surface area contributed by atoms with Crippen LogP contribution in [0, 0.1) is 5.92 Å². The molecular formula is C14H19BrO2S. The lowest BCUT2D eigenvalue weighted by Crippen LogP contribution is -2.01. The fraction of sp³-hybridized carbons (Fsp3) is 0.500. The fourth-order valence-corrected chi connectivity index (χ4v) is 3.37. The smallest absolute Gasteiger partial charge is 0.337 e. The third-order valence-electron chi connectivity index (χ3n) is 2.57. The molecule has 0 aliphatic carbocycles. The standard InChI is InChI=1S/C14H19BrO2S/c1-10(2)6-7-18-9-12-5-4-11(8-13(12)15)14(16)17-3/h4-5,8,10H,6-7,9H2,1-3H3. The lowest BCUT2D eigenvalue weighted by molar-refractivity contribution is 0.0600. The van der Waals surface area contributed by atoms with Crippen LogP contribution in [0.5, 0.6) is 0 Å². The first-order valence-electron chi connectivity index (χ1n) is 5.99. The number of benzene rings is 1. The SMILES string of the molecule is COC(=O)c1ccc(CSCCC(C)C)c(Br)c1. The van der Waals surface area contributed by atoms with E-state index in [4.69, 9.17) is 4.74 Å². The third kappa shape index (κ3) is 5.02. The number of hydrogen-bond acceptors (Lipinski definition) is 3. The average molecular weight is 331 g/mol. The molecule has 0 fully saturated rings. The number of esters is 1. The van der Waals surface area contributed by atoms with Gasteiger partial charge in [-0.25, -0.2) is 4.79 Å². The highest BCUT2D eigenvalue weighted by Crippen LogP contribution is 2.24. The third-order valence-corrected chi connectivity index (χ3v) is 4.35. The van der Waals surface area contributed by atoms with Gasteiger partial charge >= 0.3 is 5.97 Å². The van der Waals surface area contributed by atoms with Crippen LogP contribution in [0.25, 0.3) is 0 Å². The van der Waals surface area contributed by atoms with E-state index >= 15 is 0 Å². The summed E-state index contributed by atoms with van der Waals surface area (Å²) in [5.41, 5.74) is 1.80. The summed E-state index contributed by atoms with van der Waals surface area (Å²) in [6, 6.07) is 5.62. The minimum atomic E-state index is -0.297. The summed E-state index contributed by atoms with van der Waals surface area (Å²) < 4.78 is 5.67. The molecule has 1 aromatic rings. The van der Waals surface area contributed by atoms with Gasteiger partial charge in [0.05, 0.1) is 12.7 Å². The second-order valence-electron chi connectivity index (χ2n) is 4.53. The molecule has 0 aliphatic heterocycles. The summed E-state index contributed by atoms with van der Waals surface area (Å²) in [5, 5.41) is 0. The van der Waals surface area contributed by atoms with E-state index in [1.165, 1.54) is 24.8 Å². The van der Waals surface area contributed by atoms with Crippen LogP contribution < -0.4 is 0 Å². The van der Waals surface area contributed by atoms with Gasteiger partial charge in [0.15, 0.2) is 0 Å². The second-order valence-corrected chi connectivity index (χ2v) is 6.49. The number of rotatable bonds is 6. The topological polar surface area (TPSA) is 26.3 Å². The summed E-state index contributed by atoms with van der Waals surface area (Å²) >= 11 is 5.43. The van der Waals surface area contributed by atoms with Crippen molar-refractivity contribution in [1.82, 2.24) is 0 Å². The zero-order valence-electron chi connectivity index (χ0n) is 11.0. The molecule has 0 aromatic heterocycles. The minimum Gasteiger partial charge on any atom is -0.465 e. The fourth-order valence-electron chi connectivity index (χ4n) is 1.41. The molecule has 0 heterocycles. The average Bonchev–Trinajstić information content (AvgIpc) is 2.34. The molecule has 100 valence electrons. The first kappa shape index (κ1) is 15.6. The van der Waals surface area contributed by atoms with E-state index in [0.29, 0.717) is 5.56 Å². The Kier molecular flexibility index (Phi) is 6.79. The van der Waals surface area contributed by atoms with Crippen molar-refractivity contribution >= 4 is 33.7 Å². The van der Waals surface area contributed by atoms with Crippen molar-refractivity contribution in [3.8, 4) is 0 Å². The molecule has 2 nitrogen and oxygen atoms in total. The van der Waals surface area contributed by atoms with E-state index in [2.05, 4.69) is 29.8 Å². The van der Waals surface area contributed by atoms with Gasteiger partial charge in [0.2, 0.25) is 0 Å². The Labute approximate surface area is 122 Å². The van der Waals surface area contributed by atoms with Crippen LogP contribution in [-0.4, -0.2) is 18.8 Å². The van der Waals surface area contributed by atoms with Crippen molar-refractivity contribution < 1.29 is 9.53 Å². The largest absolute Gasteiger partial charge is 0.465 e. The predicted molar refractivity (Wildman–Crippen MR) is 81.1 cm³/mol. The van der Waals surface area contributed by atoms with Crippen LogP contribution in [0.4, 0.5) is 0 Å². The predicted octanol–water partition coefficient (Wildman–Crippen LogP) is 4.52. The first-order chi connectivity index (χ1) is 8.54. The van der Waals surface area contributed by atoms with Gasteiger partial charge in [-0.3, -0.25) is 0 Å². The molecule has 0 atom stereocenters. The van der Waals surface area contributed by atoms with Crippen molar-refractivity contribution in [2.24, 2.45) is 5.92 Å². The summed E-state index contributed by atoms with van der Waals surface area (Å²) in [6.07, 6.45) is 1.24. The maximum atomic E-state index is 11.4. The van der Waals surface area contributed by atoms with Crippen molar-refractivity contribution in [3.63, 3.8) is 0 Å². The molecule has 0 N–H and O–H groups in total. The van der Waals surface area contributed by atoms with Crippen LogP contribution in [0.1, 0.15) is 36.2 Å². The van der Waals surface area contributed by atoms with E-state index in [9.17, 15) is 4.79 Å². The van der Waals surface area contributed by atoms with Crippen molar-refractivity contribution in [2.45, 2.75) is 26.0 Å². The van der Waals surface area contributed by atoms with Gasteiger partial charge in [0.1, 0.15) is 0 Å². The Bertz CT molecular complexity index is 405. The maximum absolute atomic E-state index is 11.4. The van der Waals surface area contributed by atoms with Gasteiger partial charge in [0.25, 0.3) is 0 Å². The summed E-state index contributed by atoms with van der Waals surface area (Å²) in [6.45, 7) is 4.48. The van der Waals surface area contributed by atoms with E-state index < -0.39 is 0 Å².